The highest BCUT2D eigenvalue weighted by Crippen LogP contribution is 2.27. The maximum absolute atomic E-state index is 12.1. The summed E-state index contributed by atoms with van der Waals surface area (Å²) < 4.78 is 0. The molecular weight excluding hydrogens is 296 g/mol. The number of amides is 1. The summed E-state index contributed by atoms with van der Waals surface area (Å²) >= 11 is 1.52. The van der Waals surface area contributed by atoms with Crippen LogP contribution in [0, 0.1) is 5.92 Å². The fourth-order valence-electron chi connectivity index (χ4n) is 3.50. The van der Waals surface area contributed by atoms with Crippen LogP contribution in [-0.2, 0) is 11.3 Å². The van der Waals surface area contributed by atoms with E-state index >= 15 is 0 Å². The van der Waals surface area contributed by atoms with E-state index in [0.717, 1.165) is 24.6 Å². The van der Waals surface area contributed by atoms with Crippen molar-refractivity contribution in [2.24, 2.45) is 5.92 Å². The molecule has 0 atom stereocenters. The minimum Gasteiger partial charge on any atom is -0.301 e. The highest BCUT2D eigenvalue weighted by Gasteiger charge is 2.18. The zero-order valence-electron chi connectivity index (χ0n) is 13.2. The van der Waals surface area contributed by atoms with Gasteiger partial charge in [-0.25, -0.2) is 0 Å². The summed E-state index contributed by atoms with van der Waals surface area (Å²) in [6, 6.07) is 0. The van der Waals surface area contributed by atoms with Gasteiger partial charge in [0.05, 0.1) is 6.54 Å². The molecule has 122 valence electrons. The normalized spacial score (nSPS) is 20.9. The molecule has 1 saturated carbocycles. The Balaban J connectivity index is 1.45. The number of hydrogen-bond donors (Lipinski definition) is 1. The number of nitrogens with zero attached hydrogens (tertiary/aromatic N) is 3. The van der Waals surface area contributed by atoms with Crippen LogP contribution in [-0.4, -0.2) is 34.1 Å². The highest BCUT2D eigenvalue weighted by atomic mass is 32.1. The van der Waals surface area contributed by atoms with E-state index in [1.165, 1.54) is 62.7 Å². The lowest BCUT2D eigenvalue weighted by atomic mass is 9.87. The third kappa shape index (κ3) is 4.74. The zero-order valence-corrected chi connectivity index (χ0v) is 14.0. The molecular formula is C16H26N4OS. The standard InChI is InChI=1S/C16H26N4OS/c21-14(11-13-7-3-1-4-8-13)17-16-19-18-15(22-16)12-20-9-5-2-6-10-20/h13H,1-12H2,(H,17,19,21). The van der Waals surface area contributed by atoms with Crippen molar-refractivity contribution in [1.82, 2.24) is 15.1 Å². The summed E-state index contributed by atoms with van der Waals surface area (Å²) in [6.45, 7) is 3.18. The maximum Gasteiger partial charge on any atom is 0.226 e. The molecule has 3 rings (SSSR count). The van der Waals surface area contributed by atoms with Crippen molar-refractivity contribution < 1.29 is 4.79 Å². The number of carbonyl (C=O) groups is 1. The van der Waals surface area contributed by atoms with Crippen LogP contribution in [0.2, 0.25) is 0 Å². The van der Waals surface area contributed by atoms with E-state index in [0.29, 0.717) is 17.5 Å². The zero-order chi connectivity index (χ0) is 15.2. The SMILES string of the molecule is O=C(CC1CCCCC1)Nc1nnc(CN2CCCCC2)s1. The Morgan fingerprint density at radius 1 is 1.09 bits per heavy atom. The van der Waals surface area contributed by atoms with Crippen molar-refractivity contribution in [2.45, 2.75) is 64.3 Å². The summed E-state index contributed by atoms with van der Waals surface area (Å²) in [6.07, 6.45) is 10.8. The van der Waals surface area contributed by atoms with E-state index in [1.54, 1.807) is 0 Å². The van der Waals surface area contributed by atoms with Gasteiger partial charge in [-0.3, -0.25) is 9.69 Å². The third-order valence-corrected chi connectivity index (χ3v) is 5.54. The molecule has 1 aromatic rings. The van der Waals surface area contributed by atoms with E-state index < -0.39 is 0 Å². The second kappa shape index (κ2) is 8.02. The molecule has 22 heavy (non-hydrogen) atoms. The molecule has 1 aliphatic heterocycles. The molecule has 1 amide bonds. The van der Waals surface area contributed by atoms with E-state index in [1.807, 2.05) is 0 Å². The van der Waals surface area contributed by atoms with E-state index in [9.17, 15) is 4.79 Å². The Kier molecular flexibility index (Phi) is 5.78. The molecule has 0 unspecified atom stereocenters. The third-order valence-electron chi connectivity index (χ3n) is 4.72. The number of piperidine rings is 1. The van der Waals surface area contributed by atoms with Crippen LogP contribution in [0.4, 0.5) is 5.13 Å². The number of rotatable bonds is 5. The van der Waals surface area contributed by atoms with Gasteiger partial charge in [-0.1, -0.05) is 37.0 Å². The van der Waals surface area contributed by atoms with Gasteiger partial charge in [-0.2, -0.15) is 0 Å². The average molecular weight is 322 g/mol. The van der Waals surface area contributed by atoms with Gasteiger partial charge < -0.3 is 5.32 Å². The molecule has 0 aromatic carbocycles. The first-order valence-corrected chi connectivity index (χ1v) is 9.46. The Labute approximate surface area is 136 Å². The lowest BCUT2D eigenvalue weighted by Crippen LogP contribution is -2.28. The van der Waals surface area contributed by atoms with Crippen molar-refractivity contribution in [2.75, 3.05) is 18.4 Å². The maximum atomic E-state index is 12.1. The minimum atomic E-state index is 0.104. The molecule has 1 N–H and O–H groups in total. The van der Waals surface area contributed by atoms with Crippen molar-refractivity contribution in [1.29, 1.82) is 0 Å². The second-order valence-corrected chi connectivity index (χ2v) is 7.66. The van der Waals surface area contributed by atoms with Gasteiger partial charge >= 0.3 is 0 Å². The lowest BCUT2D eigenvalue weighted by molar-refractivity contribution is -0.117. The summed E-state index contributed by atoms with van der Waals surface area (Å²) in [5.74, 6) is 0.669. The van der Waals surface area contributed by atoms with Crippen LogP contribution in [0.25, 0.3) is 0 Å². The molecule has 2 heterocycles. The van der Waals surface area contributed by atoms with Gasteiger partial charge in [0.25, 0.3) is 0 Å². The number of anilines is 1. The Bertz CT molecular complexity index is 478. The largest absolute Gasteiger partial charge is 0.301 e. The summed E-state index contributed by atoms with van der Waals surface area (Å²) in [5, 5.41) is 13.0. The summed E-state index contributed by atoms with van der Waals surface area (Å²) in [4.78, 5) is 14.5. The first kappa shape index (κ1) is 15.9. The van der Waals surface area contributed by atoms with Gasteiger partial charge in [0.15, 0.2) is 0 Å². The van der Waals surface area contributed by atoms with Crippen molar-refractivity contribution in [3.63, 3.8) is 0 Å². The van der Waals surface area contributed by atoms with Crippen LogP contribution in [0.5, 0.6) is 0 Å². The number of carbonyl (C=O) groups excluding carboxylic acids is 1. The predicted molar refractivity (Wildman–Crippen MR) is 88.9 cm³/mol. The Hall–Kier alpha value is -1.01. The summed E-state index contributed by atoms with van der Waals surface area (Å²) in [5.41, 5.74) is 0. The highest BCUT2D eigenvalue weighted by molar-refractivity contribution is 7.15. The molecule has 0 spiro atoms. The molecule has 1 aromatic heterocycles. The van der Waals surface area contributed by atoms with Crippen molar-refractivity contribution in [3.8, 4) is 0 Å². The molecule has 5 nitrogen and oxygen atoms in total. The van der Waals surface area contributed by atoms with Gasteiger partial charge in [-0.05, 0) is 44.7 Å². The van der Waals surface area contributed by atoms with Crippen LogP contribution in [0.3, 0.4) is 0 Å². The number of nitrogens with one attached hydrogen (secondary N) is 1. The smallest absolute Gasteiger partial charge is 0.226 e. The molecule has 0 bridgehead atoms. The lowest BCUT2D eigenvalue weighted by Gasteiger charge is -2.24. The molecule has 0 radical (unpaired) electrons. The first-order valence-electron chi connectivity index (χ1n) is 8.64. The van der Waals surface area contributed by atoms with Gasteiger partial charge in [-0.15, -0.1) is 10.2 Å². The first-order chi connectivity index (χ1) is 10.8. The van der Waals surface area contributed by atoms with Gasteiger partial charge in [0.1, 0.15) is 5.01 Å². The molecule has 1 saturated heterocycles. The van der Waals surface area contributed by atoms with Crippen LogP contribution >= 0.6 is 11.3 Å². The van der Waals surface area contributed by atoms with E-state index in [4.69, 9.17) is 0 Å². The van der Waals surface area contributed by atoms with E-state index in [-0.39, 0.29) is 5.91 Å². The fraction of sp³-hybridized carbons (Fsp3) is 0.812. The van der Waals surface area contributed by atoms with E-state index in [2.05, 4.69) is 20.4 Å². The van der Waals surface area contributed by atoms with Crippen molar-refractivity contribution in [3.05, 3.63) is 5.01 Å². The molecule has 2 fully saturated rings. The number of likely N-dealkylation sites (tertiary alicyclic amines) is 1. The van der Waals surface area contributed by atoms with Crippen LogP contribution in [0.1, 0.15) is 62.8 Å². The second-order valence-electron chi connectivity index (χ2n) is 6.59. The summed E-state index contributed by atoms with van der Waals surface area (Å²) in [7, 11) is 0. The number of aromatic nitrogens is 2. The van der Waals surface area contributed by atoms with Crippen LogP contribution < -0.4 is 5.32 Å². The average Bonchev–Trinajstić information content (AvgIpc) is 2.96. The van der Waals surface area contributed by atoms with Gasteiger partial charge in [0, 0.05) is 6.42 Å². The molecule has 1 aliphatic carbocycles. The molecule has 6 heteroatoms. The van der Waals surface area contributed by atoms with Gasteiger partial charge in [0.2, 0.25) is 11.0 Å². The Morgan fingerprint density at radius 2 is 1.82 bits per heavy atom. The van der Waals surface area contributed by atoms with Crippen molar-refractivity contribution >= 4 is 22.4 Å². The monoisotopic (exact) mass is 322 g/mol. The van der Waals surface area contributed by atoms with Crippen LogP contribution in [0.15, 0.2) is 0 Å². The quantitative estimate of drug-likeness (QED) is 0.902. The topological polar surface area (TPSA) is 58.1 Å². The predicted octanol–water partition coefficient (Wildman–Crippen LogP) is 3.43. The fourth-order valence-corrected chi connectivity index (χ4v) is 4.30. The Morgan fingerprint density at radius 3 is 2.59 bits per heavy atom. The number of hydrogen-bond acceptors (Lipinski definition) is 5. The molecule has 2 aliphatic rings. The minimum absolute atomic E-state index is 0.104.